The maximum atomic E-state index is 11.8. The average molecular weight is 277 g/mol. The molecule has 0 saturated heterocycles. The van der Waals surface area contributed by atoms with Crippen molar-refractivity contribution in [1.29, 1.82) is 0 Å². The van der Waals surface area contributed by atoms with Crippen molar-refractivity contribution in [3.05, 3.63) is 30.0 Å². The van der Waals surface area contributed by atoms with E-state index in [4.69, 9.17) is 9.84 Å². The van der Waals surface area contributed by atoms with Gasteiger partial charge in [-0.1, -0.05) is 6.58 Å². The van der Waals surface area contributed by atoms with Gasteiger partial charge in [0.05, 0.1) is 6.61 Å². The Morgan fingerprint density at radius 3 is 2.63 bits per heavy atom. The normalized spacial score (nSPS) is 11.4. The molecule has 1 N–H and O–H groups in total. The fourth-order valence-electron chi connectivity index (χ4n) is 1.26. The molecule has 1 rings (SSSR count). The van der Waals surface area contributed by atoms with Crippen LogP contribution in [0.25, 0.3) is 5.76 Å². The lowest BCUT2D eigenvalue weighted by Gasteiger charge is -2.10. The van der Waals surface area contributed by atoms with Gasteiger partial charge >= 0.3 is 6.18 Å². The van der Waals surface area contributed by atoms with Crippen LogP contribution >= 0.6 is 0 Å². The average Bonchev–Trinajstić information content (AvgIpc) is 2.28. The lowest BCUT2D eigenvalue weighted by atomic mass is 10.2. The number of aryl methyl sites for hydroxylation is 1. The number of aliphatic hydroxyl groups is 1. The zero-order valence-electron chi connectivity index (χ0n) is 10.3. The number of nitrogens with zero attached hydrogens (tertiary/aromatic N) is 1. The number of halogens is 3. The van der Waals surface area contributed by atoms with Crippen LogP contribution in [0.2, 0.25) is 0 Å². The molecule has 0 aliphatic carbocycles. The maximum absolute atomic E-state index is 11.8. The molecule has 1 aromatic heterocycles. The highest BCUT2D eigenvalue weighted by molar-refractivity contribution is 5.56. The van der Waals surface area contributed by atoms with Crippen molar-refractivity contribution >= 4 is 5.76 Å². The molecule has 0 saturated carbocycles. The summed E-state index contributed by atoms with van der Waals surface area (Å²) in [7, 11) is 0. The Kier molecular flexibility index (Phi) is 5.17. The Morgan fingerprint density at radius 2 is 2.11 bits per heavy atom. The van der Waals surface area contributed by atoms with Crippen LogP contribution in [-0.2, 0) is 4.74 Å². The number of rotatable bonds is 6. The second kappa shape index (κ2) is 6.42. The van der Waals surface area contributed by atoms with Gasteiger partial charge in [0, 0.05) is 17.3 Å². The summed E-state index contributed by atoms with van der Waals surface area (Å²) in [4.78, 5) is 3.93. The standard InChI is InChI=1S/C12H14F3NO3/c1-8-5-10(9(2)17)6-16-11(8)19-4-3-18-7-12(13,14)15/h5-6,17H,2-4,7H2,1H3. The van der Waals surface area contributed by atoms with Crippen LogP contribution in [0.5, 0.6) is 5.88 Å². The van der Waals surface area contributed by atoms with E-state index in [0.717, 1.165) is 0 Å². The second-order valence-corrected chi connectivity index (χ2v) is 3.81. The first-order valence-corrected chi connectivity index (χ1v) is 5.42. The summed E-state index contributed by atoms with van der Waals surface area (Å²) in [5.74, 6) is 0.163. The van der Waals surface area contributed by atoms with Crippen molar-refractivity contribution in [3.8, 4) is 5.88 Å². The van der Waals surface area contributed by atoms with E-state index < -0.39 is 12.8 Å². The van der Waals surface area contributed by atoms with Crippen molar-refractivity contribution in [3.63, 3.8) is 0 Å². The van der Waals surface area contributed by atoms with Gasteiger partial charge in [0.25, 0.3) is 0 Å². The zero-order chi connectivity index (χ0) is 14.5. The molecular formula is C12H14F3NO3. The van der Waals surface area contributed by atoms with Crippen LogP contribution in [0.3, 0.4) is 0 Å². The van der Waals surface area contributed by atoms with Gasteiger partial charge in [-0.05, 0) is 13.0 Å². The van der Waals surface area contributed by atoms with Crippen LogP contribution < -0.4 is 4.74 Å². The SMILES string of the molecule is C=C(O)c1cnc(OCCOCC(F)(F)F)c(C)c1. The molecule has 0 amide bonds. The van der Waals surface area contributed by atoms with E-state index in [9.17, 15) is 13.2 Å². The summed E-state index contributed by atoms with van der Waals surface area (Å²) in [5.41, 5.74) is 1.10. The third-order valence-electron chi connectivity index (χ3n) is 2.10. The summed E-state index contributed by atoms with van der Waals surface area (Å²) in [6.45, 7) is 3.53. The van der Waals surface area contributed by atoms with Gasteiger partial charge in [-0.3, -0.25) is 0 Å². The fourth-order valence-corrected chi connectivity index (χ4v) is 1.26. The molecule has 0 unspecified atom stereocenters. The number of ether oxygens (including phenoxy) is 2. The van der Waals surface area contributed by atoms with Gasteiger partial charge in [-0.2, -0.15) is 13.2 Å². The van der Waals surface area contributed by atoms with Crippen LogP contribution in [0.1, 0.15) is 11.1 Å². The molecule has 0 atom stereocenters. The Bertz CT molecular complexity index is 446. The summed E-state index contributed by atoms with van der Waals surface area (Å²) < 4.78 is 44.9. The molecule has 1 heterocycles. The maximum Gasteiger partial charge on any atom is 0.411 e. The molecule has 0 radical (unpaired) electrons. The van der Waals surface area contributed by atoms with Crippen LogP contribution in [0, 0.1) is 6.92 Å². The first-order valence-electron chi connectivity index (χ1n) is 5.42. The van der Waals surface area contributed by atoms with E-state index in [-0.39, 0.29) is 24.9 Å². The highest BCUT2D eigenvalue weighted by Gasteiger charge is 2.27. The van der Waals surface area contributed by atoms with E-state index in [2.05, 4.69) is 16.3 Å². The van der Waals surface area contributed by atoms with Gasteiger partial charge in [0.2, 0.25) is 5.88 Å². The topological polar surface area (TPSA) is 51.6 Å². The predicted molar refractivity (Wildman–Crippen MR) is 63.0 cm³/mol. The van der Waals surface area contributed by atoms with Crippen molar-refractivity contribution < 1.29 is 27.8 Å². The van der Waals surface area contributed by atoms with Crippen LogP contribution in [0.4, 0.5) is 13.2 Å². The minimum atomic E-state index is -4.34. The Labute approximate surface area is 108 Å². The Balaban J connectivity index is 2.40. The number of hydrogen-bond donors (Lipinski definition) is 1. The summed E-state index contributed by atoms with van der Waals surface area (Å²) in [6.07, 6.45) is -2.97. The molecule has 106 valence electrons. The predicted octanol–water partition coefficient (Wildman–Crippen LogP) is 2.88. The van der Waals surface area contributed by atoms with Crippen molar-refractivity contribution in [1.82, 2.24) is 4.98 Å². The number of hydrogen-bond acceptors (Lipinski definition) is 4. The fraction of sp³-hybridized carbons (Fsp3) is 0.417. The molecule has 1 aromatic rings. The van der Waals surface area contributed by atoms with Crippen molar-refractivity contribution in [2.24, 2.45) is 0 Å². The van der Waals surface area contributed by atoms with Gasteiger partial charge in [0.15, 0.2) is 0 Å². The lowest BCUT2D eigenvalue weighted by molar-refractivity contribution is -0.175. The van der Waals surface area contributed by atoms with Gasteiger partial charge in [-0.15, -0.1) is 0 Å². The number of alkyl halides is 3. The second-order valence-electron chi connectivity index (χ2n) is 3.81. The van der Waals surface area contributed by atoms with E-state index in [1.165, 1.54) is 6.20 Å². The lowest BCUT2D eigenvalue weighted by Crippen LogP contribution is -2.19. The third-order valence-corrected chi connectivity index (χ3v) is 2.10. The highest BCUT2D eigenvalue weighted by Crippen LogP contribution is 2.18. The molecule has 19 heavy (non-hydrogen) atoms. The van der Waals surface area contributed by atoms with Crippen LogP contribution in [-0.4, -0.2) is 36.1 Å². The molecule has 0 spiro atoms. The summed E-state index contributed by atoms with van der Waals surface area (Å²) >= 11 is 0. The molecule has 0 fully saturated rings. The van der Waals surface area contributed by atoms with E-state index in [1.54, 1.807) is 13.0 Å². The molecule has 0 bridgehead atoms. The van der Waals surface area contributed by atoms with Crippen molar-refractivity contribution in [2.45, 2.75) is 13.1 Å². The zero-order valence-corrected chi connectivity index (χ0v) is 10.3. The number of pyridine rings is 1. The minimum absolute atomic E-state index is 0.0384. The van der Waals surface area contributed by atoms with E-state index in [0.29, 0.717) is 11.1 Å². The first-order chi connectivity index (χ1) is 8.79. The molecule has 0 aliphatic rings. The largest absolute Gasteiger partial charge is 0.508 e. The molecule has 0 aliphatic heterocycles. The Hall–Kier alpha value is -1.76. The first kappa shape index (κ1) is 15.3. The summed E-state index contributed by atoms with van der Waals surface area (Å²) in [6, 6.07) is 1.61. The highest BCUT2D eigenvalue weighted by atomic mass is 19.4. The monoisotopic (exact) mass is 277 g/mol. The summed E-state index contributed by atoms with van der Waals surface area (Å²) in [5, 5.41) is 9.16. The molecule has 4 nitrogen and oxygen atoms in total. The van der Waals surface area contributed by atoms with Crippen molar-refractivity contribution in [2.75, 3.05) is 19.8 Å². The van der Waals surface area contributed by atoms with Gasteiger partial charge < -0.3 is 14.6 Å². The quantitative estimate of drug-likeness (QED) is 0.641. The van der Waals surface area contributed by atoms with Gasteiger partial charge in [0.1, 0.15) is 19.0 Å². The third kappa shape index (κ3) is 5.60. The smallest absolute Gasteiger partial charge is 0.411 e. The minimum Gasteiger partial charge on any atom is -0.508 e. The molecule has 0 aromatic carbocycles. The number of aliphatic hydroxyl groups excluding tert-OH is 1. The van der Waals surface area contributed by atoms with Gasteiger partial charge in [-0.25, -0.2) is 4.98 Å². The molecule has 7 heteroatoms. The molecular weight excluding hydrogens is 263 g/mol. The van der Waals surface area contributed by atoms with E-state index >= 15 is 0 Å². The van der Waals surface area contributed by atoms with Crippen LogP contribution in [0.15, 0.2) is 18.8 Å². The van der Waals surface area contributed by atoms with E-state index in [1.807, 2.05) is 0 Å². The number of aromatic nitrogens is 1. The Morgan fingerprint density at radius 1 is 1.42 bits per heavy atom.